The molecular weight excluding hydrogens is 260 g/mol. The van der Waals surface area contributed by atoms with Crippen LogP contribution < -0.4 is 10.1 Å². The zero-order valence-corrected chi connectivity index (χ0v) is 13.9. The molecule has 0 radical (unpaired) electrons. The summed E-state index contributed by atoms with van der Waals surface area (Å²) in [6.45, 7) is 10.5. The lowest BCUT2D eigenvalue weighted by molar-refractivity contribution is 0.278. The highest BCUT2D eigenvalue weighted by Gasteiger charge is 2.33. The van der Waals surface area contributed by atoms with Gasteiger partial charge in [0, 0.05) is 19.1 Å². The first-order valence-corrected chi connectivity index (χ1v) is 8.28. The van der Waals surface area contributed by atoms with Gasteiger partial charge in [-0.1, -0.05) is 26.0 Å². The molecule has 1 aliphatic carbocycles. The molecule has 3 unspecified atom stereocenters. The summed E-state index contributed by atoms with van der Waals surface area (Å²) < 4.78 is 5.52. The van der Waals surface area contributed by atoms with Gasteiger partial charge in [-0.15, -0.1) is 0 Å². The number of hydrogen-bond donors (Lipinski definition) is 1. The number of nitrogens with one attached hydrogen (secondary N) is 1. The molecule has 0 aromatic heterocycles. The number of benzene rings is 1. The smallest absolute Gasteiger partial charge is 0.119 e. The molecular formula is C18H30N2O. The molecule has 1 aliphatic rings. The second kappa shape index (κ2) is 7.81. The Hall–Kier alpha value is -1.06. The van der Waals surface area contributed by atoms with Crippen LogP contribution in [0.4, 0.5) is 0 Å². The van der Waals surface area contributed by atoms with Crippen LogP contribution in [-0.4, -0.2) is 38.2 Å². The molecule has 2 rings (SSSR count). The Kier molecular flexibility index (Phi) is 6.07. The first kappa shape index (κ1) is 16.3. The fourth-order valence-corrected chi connectivity index (χ4v) is 2.94. The van der Waals surface area contributed by atoms with E-state index in [0.29, 0.717) is 6.04 Å². The van der Waals surface area contributed by atoms with E-state index in [-0.39, 0.29) is 0 Å². The molecule has 1 fully saturated rings. The summed E-state index contributed by atoms with van der Waals surface area (Å²) in [5, 5.41) is 3.60. The summed E-state index contributed by atoms with van der Waals surface area (Å²) in [5.41, 5.74) is 1.34. The van der Waals surface area contributed by atoms with Crippen LogP contribution in [0.25, 0.3) is 0 Å². The molecule has 1 aromatic carbocycles. The normalized spacial score (nSPS) is 22.3. The minimum atomic E-state index is 0.393. The van der Waals surface area contributed by atoms with Gasteiger partial charge in [0.25, 0.3) is 0 Å². The van der Waals surface area contributed by atoms with E-state index in [0.717, 1.165) is 37.3 Å². The monoisotopic (exact) mass is 290 g/mol. The van der Waals surface area contributed by atoms with Gasteiger partial charge < -0.3 is 15.0 Å². The first-order valence-electron chi connectivity index (χ1n) is 8.28. The lowest BCUT2D eigenvalue weighted by Gasteiger charge is -2.25. The molecule has 118 valence electrons. The van der Waals surface area contributed by atoms with E-state index in [1.165, 1.54) is 18.5 Å². The van der Waals surface area contributed by atoms with Crippen LogP contribution in [0.15, 0.2) is 24.3 Å². The third-order valence-electron chi connectivity index (χ3n) is 4.36. The summed E-state index contributed by atoms with van der Waals surface area (Å²) in [7, 11) is 2.24. The molecule has 0 saturated heterocycles. The van der Waals surface area contributed by atoms with Crippen molar-refractivity contribution in [2.75, 3.05) is 33.3 Å². The molecule has 0 aliphatic heterocycles. The maximum Gasteiger partial charge on any atom is 0.119 e. The number of hydrogen-bond acceptors (Lipinski definition) is 3. The van der Waals surface area contributed by atoms with Gasteiger partial charge >= 0.3 is 0 Å². The van der Waals surface area contributed by atoms with E-state index in [9.17, 15) is 0 Å². The van der Waals surface area contributed by atoms with Crippen LogP contribution in [-0.2, 0) is 0 Å². The number of ether oxygens (including phenoxy) is 1. The van der Waals surface area contributed by atoms with Crippen LogP contribution in [0.1, 0.15) is 38.8 Å². The van der Waals surface area contributed by atoms with Crippen molar-refractivity contribution in [1.82, 2.24) is 10.2 Å². The van der Waals surface area contributed by atoms with Gasteiger partial charge in [-0.3, -0.25) is 0 Å². The van der Waals surface area contributed by atoms with Gasteiger partial charge in [-0.05, 0) is 56.5 Å². The van der Waals surface area contributed by atoms with Crippen molar-refractivity contribution in [3.8, 4) is 5.75 Å². The fraction of sp³-hybridized carbons (Fsp3) is 0.667. The molecule has 3 heteroatoms. The topological polar surface area (TPSA) is 24.5 Å². The largest absolute Gasteiger partial charge is 0.494 e. The van der Waals surface area contributed by atoms with Crippen molar-refractivity contribution in [2.24, 2.45) is 11.8 Å². The Morgan fingerprint density at radius 2 is 1.95 bits per heavy atom. The maximum atomic E-state index is 5.52. The first-order chi connectivity index (χ1) is 10.1. The average Bonchev–Trinajstić information content (AvgIpc) is 3.14. The summed E-state index contributed by atoms with van der Waals surface area (Å²) >= 11 is 0. The van der Waals surface area contributed by atoms with Gasteiger partial charge in [0.1, 0.15) is 5.75 Å². The highest BCUT2D eigenvalue weighted by Crippen LogP contribution is 2.38. The van der Waals surface area contributed by atoms with Gasteiger partial charge in [0.05, 0.1) is 6.61 Å². The summed E-state index contributed by atoms with van der Waals surface area (Å²) in [4.78, 5) is 2.47. The molecule has 3 nitrogen and oxygen atoms in total. The van der Waals surface area contributed by atoms with Crippen molar-refractivity contribution < 1.29 is 4.74 Å². The molecule has 0 bridgehead atoms. The number of nitrogens with zero attached hydrogens (tertiary/aromatic N) is 1. The molecule has 1 saturated carbocycles. The van der Waals surface area contributed by atoms with Crippen LogP contribution in [0.5, 0.6) is 5.75 Å². The lowest BCUT2D eigenvalue weighted by atomic mass is 10.1. The highest BCUT2D eigenvalue weighted by molar-refractivity contribution is 5.29. The predicted octanol–water partition coefficient (Wildman–Crippen LogP) is 3.32. The minimum absolute atomic E-state index is 0.393. The van der Waals surface area contributed by atoms with Crippen LogP contribution in [0.2, 0.25) is 0 Å². The van der Waals surface area contributed by atoms with E-state index >= 15 is 0 Å². The number of likely N-dealkylation sites (N-methyl/N-ethyl adjacent to an activating group) is 2. The third kappa shape index (κ3) is 5.01. The summed E-state index contributed by atoms with van der Waals surface area (Å²) in [6.07, 6.45) is 1.40. The molecule has 1 N–H and O–H groups in total. The number of rotatable bonds is 9. The van der Waals surface area contributed by atoms with Gasteiger partial charge in [-0.25, -0.2) is 0 Å². The van der Waals surface area contributed by atoms with Gasteiger partial charge in [0.2, 0.25) is 0 Å². The van der Waals surface area contributed by atoms with Crippen molar-refractivity contribution in [3.05, 3.63) is 29.8 Å². The van der Waals surface area contributed by atoms with Gasteiger partial charge in [-0.2, -0.15) is 0 Å². The van der Waals surface area contributed by atoms with E-state index in [1.54, 1.807) is 0 Å². The second-order valence-corrected chi connectivity index (χ2v) is 6.31. The molecule has 0 amide bonds. The van der Waals surface area contributed by atoms with Crippen molar-refractivity contribution >= 4 is 0 Å². The minimum Gasteiger partial charge on any atom is -0.494 e. The molecule has 0 spiro atoms. The standard InChI is InChI=1S/C18H30N2O/c1-5-19-18(13-20(4)12-16-11-14(16)3)15-7-9-17(10-8-15)21-6-2/h7-10,14,16,18-19H,5-6,11-13H2,1-4H3. The molecule has 1 aromatic rings. The van der Waals surface area contributed by atoms with E-state index in [4.69, 9.17) is 4.74 Å². The Balaban J connectivity index is 1.93. The maximum absolute atomic E-state index is 5.52. The summed E-state index contributed by atoms with van der Waals surface area (Å²) in [6, 6.07) is 8.92. The molecule has 21 heavy (non-hydrogen) atoms. The third-order valence-corrected chi connectivity index (χ3v) is 4.36. The highest BCUT2D eigenvalue weighted by atomic mass is 16.5. The zero-order valence-electron chi connectivity index (χ0n) is 13.9. The van der Waals surface area contributed by atoms with Crippen LogP contribution >= 0.6 is 0 Å². The summed E-state index contributed by atoms with van der Waals surface area (Å²) in [5.74, 6) is 2.80. The quantitative estimate of drug-likeness (QED) is 0.755. The Labute approximate surface area is 129 Å². The van der Waals surface area contributed by atoms with E-state index in [1.807, 2.05) is 6.92 Å². The van der Waals surface area contributed by atoms with Gasteiger partial charge in [0.15, 0.2) is 0 Å². The van der Waals surface area contributed by atoms with Crippen LogP contribution in [0, 0.1) is 11.8 Å². The predicted molar refractivity (Wildman–Crippen MR) is 88.8 cm³/mol. The van der Waals surface area contributed by atoms with Crippen LogP contribution in [0.3, 0.4) is 0 Å². The molecule has 3 atom stereocenters. The Bertz CT molecular complexity index is 418. The second-order valence-electron chi connectivity index (χ2n) is 6.31. The lowest BCUT2D eigenvalue weighted by Crippen LogP contribution is -2.34. The Morgan fingerprint density at radius 1 is 1.29 bits per heavy atom. The van der Waals surface area contributed by atoms with Crippen molar-refractivity contribution in [2.45, 2.75) is 33.2 Å². The van der Waals surface area contributed by atoms with Crippen molar-refractivity contribution in [1.29, 1.82) is 0 Å². The van der Waals surface area contributed by atoms with E-state index in [2.05, 4.69) is 55.4 Å². The fourth-order valence-electron chi connectivity index (χ4n) is 2.94. The zero-order chi connectivity index (χ0) is 15.2. The Morgan fingerprint density at radius 3 is 2.48 bits per heavy atom. The van der Waals surface area contributed by atoms with E-state index < -0.39 is 0 Å². The SMILES string of the molecule is CCNC(CN(C)CC1CC1C)c1ccc(OCC)cc1. The average molecular weight is 290 g/mol. The van der Waals surface area contributed by atoms with Crippen molar-refractivity contribution in [3.63, 3.8) is 0 Å². The molecule has 0 heterocycles.